The molecule has 1 aromatic carbocycles. The molecular formula is C17H21FN2O. The third-order valence-corrected chi connectivity index (χ3v) is 3.21. The van der Waals surface area contributed by atoms with Gasteiger partial charge in [-0.3, -0.25) is 0 Å². The molecular weight excluding hydrogens is 267 g/mol. The van der Waals surface area contributed by atoms with E-state index in [9.17, 15) is 4.39 Å². The van der Waals surface area contributed by atoms with E-state index >= 15 is 0 Å². The molecule has 0 atom stereocenters. The van der Waals surface area contributed by atoms with Gasteiger partial charge in [0.25, 0.3) is 0 Å². The topological polar surface area (TPSA) is 34.2 Å². The molecule has 1 aromatic heterocycles. The first-order valence-corrected chi connectivity index (χ1v) is 7.22. The zero-order valence-corrected chi connectivity index (χ0v) is 12.7. The number of aromatic nitrogens is 1. The van der Waals surface area contributed by atoms with Crippen molar-refractivity contribution >= 4 is 0 Å². The minimum atomic E-state index is -0.383. The van der Waals surface area contributed by atoms with Gasteiger partial charge >= 0.3 is 0 Å². The fourth-order valence-corrected chi connectivity index (χ4v) is 2.15. The number of hydrogen-bond donors (Lipinski definition) is 1. The summed E-state index contributed by atoms with van der Waals surface area (Å²) < 4.78 is 19.5. The molecule has 2 rings (SSSR count). The van der Waals surface area contributed by atoms with E-state index in [1.165, 1.54) is 6.07 Å². The lowest BCUT2D eigenvalue weighted by atomic mass is 10.1. The van der Waals surface area contributed by atoms with Crippen LogP contribution in [0.3, 0.4) is 0 Å². The van der Waals surface area contributed by atoms with E-state index in [4.69, 9.17) is 4.74 Å². The number of pyridine rings is 1. The Bertz CT molecular complexity index is 614. The van der Waals surface area contributed by atoms with E-state index in [1.807, 2.05) is 19.9 Å². The predicted octanol–water partition coefficient (Wildman–Crippen LogP) is 4.13. The van der Waals surface area contributed by atoms with Crippen molar-refractivity contribution in [1.82, 2.24) is 10.3 Å². The van der Waals surface area contributed by atoms with Gasteiger partial charge in [-0.2, -0.15) is 0 Å². The van der Waals surface area contributed by atoms with Crippen LogP contribution in [0.25, 0.3) is 0 Å². The number of aryl methyl sites for hydroxylation is 2. The van der Waals surface area contributed by atoms with Crippen molar-refractivity contribution in [3.05, 3.63) is 53.0 Å². The van der Waals surface area contributed by atoms with Gasteiger partial charge < -0.3 is 10.1 Å². The Labute approximate surface area is 125 Å². The van der Waals surface area contributed by atoms with Crippen molar-refractivity contribution in [3.8, 4) is 11.6 Å². The van der Waals surface area contributed by atoms with Crippen molar-refractivity contribution < 1.29 is 9.13 Å². The molecule has 0 saturated carbocycles. The monoisotopic (exact) mass is 288 g/mol. The molecule has 112 valence electrons. The van der Waals surface area contributed by atoms with Crippen LogP contribution < -0.4 is 10.1 Å². The Morgan fingerprint density at radius 2 is 2.00 bits per heavy atom. The number of ether oxygens (including phenoxy) is 1. The third kappa shape index (κ3) is 4.02. The number of hydrogen-bond acceptors (Lipinski definition) is 3. The molecule has 0 aliphatic heterocycles. The van der Waals surface area contributed by atoms with Gasteiger partial charge in [-0.15, -0.1) is 0 Å². The summed E-state index contributed by atoms with van der Waals surface area (Å²) in [6.07, 6.45) is 1.06. The first-order chi connectivity index (χ1) is 10.1. The number of rotatable bonds is 6. The van der Waals surface area contributed by atoms with Crippen LogP contribution in [-0.2, 0) is 6.54 Å². The van der Waals surface area contributed by atoms with Crippen LogP contribution in [0.15, 0.2) is 30.3 Å². The molecule has 0 radical (unpaired) electrons. The first-order valence-electron chi connectivity index (χ1n) is 7.22. The smallest absolute Gasteiger partial charge is 0.224 e. The molecule has 0 bridgehead atoms. The van der Waals surface area contributed by atoms with E-state index in [2.05, 4.69) is 17.2 Å². The van der Waals surface area contributed by atoms with Gasteiger partial charge in [0.05, 0.1) is 0 Å². The summed E-state index contributed by atoms with van der Waals surface area (Å²) in [4.78, 5) is 4.42. The summed E-state index contributed by atoms with van der Waals surface area (Å²) in [5.41, 5.74) is 2.92. The van der Waals surface area contributed by atoms with Crippen molar-refractivity contribution in [2.75, 3.05) is 6.54 Å². The maximum Gasteiger partial charge on any atom is 0.224 e. The second-order valence-electron chi connectivity index (χ2n) is 5.07. The van der Waals surface area contributed by atoms with Gasteiger partial charge in [-0.05, 0) is 50.6 Å². The summed E-state index contributed by atoms with van der Waals surface area (Å²) in [5, 5.41) is 3.34. The van der Waals surface area contributed by atoms with E-state index < -0.39 is 0 Å². The fraction of sp³-hybridized carbons (Fsp3) is 0.353. The quantitative estimate of drug-likeness (QED) is 0.812. The molecule has 1 heterocycles. The highest BCUT2D eigenvalue weighted by Gasteiger charge is 2.13. The maximum absolute atomic E-state index is 13.7. The molecule has 0 aliphatic rings. The molecule has 0 fully saturated rings. The molecule has 0 spiro atoms. The third-order valence-electron chi connectivity index (χ3n) is 3.21. The van der Waals surface area contributed by atoms with Crippen LogP contribution in [0, 0.1) is 19.7 Å². The number of nitrogens with zero attached hydrogens (tertiary/aromatic N) is 1. The van der Waals surface area contributed by atoms with E-state index in [1.54, 1.807) is 18.2 Å². The van der Waals surface area contributed by atoms with Gasteiger partial charge in [0.15, 0.2) is 11.6 Å². The van der Waals surface area contributed by atoms with E-state index in [-0.39, 0.29) is 11.6 Å². The summed E-state index contributed by atoms with van der Waals surface area (Å²) in [6.45, 7) is 7.63. The maximum atomic E-state index is 13.7. The summed E-state index contributed by atoms with van der Waals surface area (Å²) in [5.74, 6) is 0.291. The molecule has 21 heavy (non-hydrogen) atoms. The predicted molar refractivity (Wildman–Crippen MR) is 82.2 cm³/mol. The van der Waals surface area contributed by atoms with Crippen molar-refractivity contribution in [1.29, 1.82) is 0 Å². The zero-order chi connectivity index (χ0) is 15.2. The standard InChI is InChI=1S/C17H21FN2O/c1-4-9-19-11-14-12(2)10-13(3)20-17(14)21-16-8-6-5-7-15(16)18/h5-8,10,19H,4,9,11H2,1-3H3. The Kier molecular flexibility index (Phi) is 5.28. The van der Waals surface area contributed by atoms with Crippen molar-refractivity contribution in [2.45, 2.75) is 33.7 Å². The average molecular weight is 288 g/mol. The van der Waals surface area contributed by atoms with Crippen LogP contribution in [0.4, 0.5) is 4.39 Å². The van der Waals surface area contributed by atoms with Gasteiger partial charge in [0, 0.05) is 17.8 Å². The lowest BCUT2D eigenvalue weighted by Crippen LogP contribution is -2.16. The highest BCUT2D eigenvalue weighted by molar-refractivity contribution is 5.39. The lowest BCUT2D eigenvalue weighted by Gasteiger charge is -2.14. The van der Waals surface area contributed by atoms with Crippen LogP contribution >= 0.6 is 0 Å². The molecule has 1 N–H and O–H groups in total. The Morgan fingerprint density at radius 3 is 2.71 bits per heavy atom. The fourth-order valence-electron chi connectivity index (χ4n) is 2.15. The normalized spacial score (nSPS) is 10.7. The summed E-state index contributed by atoms with van der Waals surface area (Å²) in [6, 6.07) is 8.39. The number of nitrogens with one attached hydrogen (secondary N) is 1. The first kappa shape index (κ1) is 15.4. The highest BCUT2D eigenvalue weighted by atomic mass is 19.1. The second kappa shape index (κ2) is 7.18. The number of halogens is 1. The summed E-state index contributed by atoms with van der Waals surface area (Å²) >= 11 is 0. The lowest BCUT2D eigenvalue weighted by molar-refractivity contribution is 0.419. The Hall–Kier alpha value is -1.94. The van der Waals surface area contributed by atoms with Gasteiger partial charge in [-0.1, -0.05) is 19.1 Å². The van der Waals surface area contributed by atoms with Crippen LogP contribution in [0.2, 0.25) is 0 Å². The molecule has 0 unspecified atom stereocenters. The molecule has 2 aromatic rings. The highest BCUT2D eigenvalue weighted by Crippen LogP contribution is 2.28. The van der Waals surface area contributed by atoms with Gasteiger partial charge in [0.1, 0.15) is 0 Å². The second-order valence-corrected chi connectivity index (χ2v) is 5.07. The summed E-state index contributed by atoms with van der Waals surface area (Å²) in [7, 11) is 0. The van der Waals surface area contributed by atoms with E-state index in [0.29, 0.717) is 12.4 Å². The molecule has 4 heteroatoms. The van der Waals surface area contributed by atoms with Crippen LogP contribution in [-0.4, -0.2) is 11.5 Å². The number of para-hydroxylation sites is 1. The van der Waals surface area contributed by atoms with Gasteiger partial charge in [0.2, 0.25) is 5.88 Å². The molecule has 0 amide bonds. The SMILES string of the molecule is CCCNCc1c(C)cc(C)nc1Oc1ccccc1F. The molecule has 0 saturated heterocycles. The van der Waals surface area contributed by atoms with Crippen molar-refractivity contribution in [2.24, 2.45) is 0 Å². The Morgan fingerprint density at radius 1 is 1.24 bits per heavy atom. The zero-order valence-electron chi connectivity index (χ0n) is 12.7. The Balaban J connectivity index is 2.30. The van der Waals surface area contributed by atoms with Gasteiger partial charge in [-0.25, -0.2) is 9.37 Å². The van der Waals surface area contributed by atoms with Crippen LogP contribution in [0.1, 0.15) is 30.2 Å². The number of benzene rings is 1. The minimum Gasteiger partial charge on any atom is -0.436 e. The van der Waals surface area contributed by atoms with E-state index in [0.717, 1.165) is 29.8 Å². The van der Waals surface area contributed by atoms with Crippen LogP contribution in [0.5, 0.6) is 11.6 Å². The van der Waals surface area contributed by atoms with Crippen molar-refractivity contribution in [3.63, 3.8) is 0 Å². The minimum absolute atomic E-state index is 0.201. The molecule has 3 nitrogen and oxygen atoms in total. The molecule has 0 aliphatic carbocycles. The average Bonchev–Trinajstić information content (AvgIpc) is 2.44. The largest absolute Gasteiger partial charge is 0.436 e.